The van der Waals surface area contributed by atoms with Crippen molar-refractivity contribution in [1.29, 1.82) is 0 Å². The summed E-state index contributed by atoms with van der Waals surface area (Å²) >= 11 is 5.09. The smallest absolute Gasteiger partial charge is 0.166 e. The Hall–Kier alpha value is -1.16. The highest BCUT2D eigenvalue weighted by molar-refractivity contribution is 7.80. The van der Waals surface area contributed by atoms with E-state index >= 15 is 0 Å². The van der Waals surface area contributed by atoms with Gasteiger partial charge >= 0.3 is 0 Å². The molecule has 1 aromatic heterocycles. The summed E-state index contributed by atoms with van der Waals surface area (Å²) in [6.45, 7) is 4.85. The lowest BCUT2D eigenvalue weighted by atomic mass is 10.3. The number of hydrogen-bond acceptors (Lipinski definition) is 2. The summed E-state index contributed by atoms with van der Waals surface area (Å²) in [6.07, 6.45) is 3.55. The summed E-state index contributed by atoms with van der Waals surface area (Å²) in [6, 6.07) is 4.29. The zero-order chi connectivity index (χ0) is 10.4. The SMILES string of the molecule is CC(C)NC(=S)NCc1ccncc1. The monoisotopic (exact) mass is 209 g/mol. The molecule has 0 aliphatic carbocycles. The fraction of sp³-hybridized carbons (Fsp3) is 0.400. The van der Waals surface area contributed by atoms with Crippen molar-refractivity contribution in [3.63, 3.8) is 0 Å². The average Bonchev–Trinajstić information content (AvgIpc) is 2.15. The number of nitrogens with one attached hydrogen (secondary N) is 2. The molecule has 4 heteroatoms. The molecule has 0 bridgehead atoms. The number of pyridine rings is 1. The molecule has 0 atom stereocenters. The summed E-state index contributed by atoms with van der Waals surface area (Å²) in [4.78, 5) is 3.94. The lowest BCUT2D eigenvalue weighted by Crippen LogP contribution is -2.38. The van der Waals surface area contributed by atoms with Crippen LogP contribution in [0.25, 0.3) is 0 Å². The second-order valence-corrected chi connectivity index (χ2v) is 3.75. The van der Waals surface area contributed by atoms with Crippen LogP contribution in [0.4, 0.5) is 0 Å². The summed E-state index contributed by atoms with van der Waals surface area (Å²) in [5, 5.41) is 6.93. The predicted molar refractivity (Wildman–Crippen MR) is 61.9 cm³/mol. The van der Waals surface area contributed by atoms with Crippen LogP contribution in [0, 0.1) is 0 Å². The quantitative estimate of drug-likeness (QED) is 0.739. The van der Waals surface area contributed by atoms with E-state index in [-0.39, 0.29) is 0 Å². The van der Waals surface area contributed by atoms with Crippen molar-refractivity contribution < 1.29 is 0 Å². The third-order valence-corrected chi connectivity index (χ3v) is 1.88. The van der Waals surface area contributed by atoms with Gasteiger partial charge in [-0.25, -0.2) is 0 Å². The first-order valence-corrected chi connectivity index (χ1v) is 5.02. The molecule has 0 aliphatic rings. The van der Waals surface area contributed by atoms with Crippen LogP contribution in [-0.4, -0.2) is 16.1 Å². The third kappa shape index (κ3) is 4.18. The molecular weight excluding hydrogens is 194 g/mol. The highest BCUT2D eigenvalue weighted by Crippen LogP contribution is 1.94. The van der Waals surface area contributed by atoms with E-state index < -0.39 is 0 Å². The second-order valence-electron chi connectivity index (χ2n) is 3.34. The molecular formula is C10H15N3S. The van der Waals surface area contributed by atoms with Crippen LogP contribution in [0.1, 0.15) is 19.4 Å². The number of thiocarbonyl (C=S) groups is 1. The molecule has 1 aromatic rings. The normalized spacial score (nSPS) is 9.93. The Labute approximate surface area is 89.9 Å². The van der Waals surface area contributed by atoms with Gasteiger partial charge in [0.1, 0.15) is 0 Å². The van der Waals surface area contributed by atoms with Crippen LogP contribution < -0.4 is 10.6 Å². The number of aromatic nitrogens is 1. The van der Waals surface area contributed by atoms with Crippen LogP contribution in [-0.2, 0) is 6.54 Å². The van der Waals surface area contributed by atoms with Crippen molar-refractivity contribution in [2.75, 3.05) is 0 Å². The van der Waals surface area contributed by atoms with Crippen LogP contribution >= 0.6 is 12.2 Å². The highest BCUT2D eigenvalue weighted by Gasteiger charge is 1.97. The molecule has 0 saturated heterocycles. The molecule has 3 nitrogen and oxygen atoms in total. The van der Waals surface area contributed by atoms with E-state index in [4.69, 9.17) is 12.2 Å². The Kier molecular flexibility index (Phi) is 4.32. The van der Waals surface area contributed by atoms with E-state index in [9.17, 15) is 0 Å². The van der Waals surface area contributed by atoms with Gasteiger partial charge in [-0.3, -0.25) is 4.98 Å². The zero-order valence-electron chi connectivity index (χ0n) is 8.45. The number of nitrogens with zero attached hydrogens (tertiary/aromatic N) is 1. The fourth-order valence-corrected chi connectivity index (χ4v) is 1.30. The molecule has 0 spiro atoms. The van der Waals surface area contributed by atoms with Gasteiger partial charge in [-0.2, -0.15) is 0 Å². The maximum absolute atomic E-state index is 5.09. The minimum absolute atomic E-state index is 0.368. The van der Waals surface area contributed by atoms with Gasteiger partial charge in [-0.1, -0.05) is 0 Å². The molecule has 2 N–H and O–H groups in total. The van der Waals surface area contributed by atoms with Gasteiger partial charge in [-0.05, 0) is 43.8 Å². The molecule has 0 radical (unpaired) electrons. The van der Waals surface area contributed by atoms with Gasteiger partial charge in [0, 0.05) is 25.0 Å². The fourth-order valence-electron chi connectivity index (χ4n) is 0.996. The predicted octanol–water partition coefficient (Wildman–Crippen LogP) is 1.45. The van der Waals surface area contributed by atoms with Gasteiger partial charge in [0.15, 0.2) is 5.11 Å². The van der Waals surface area contributed by atoms with Crippen LogP contribution in [0.5, 0.6) is 0 Å². The molecule has 0 aliphatic heterocycles. The van der Waals surface area contributed by atoms with Crippen molar-refractivity contribution >= 4 is 17.3 Å². The first-order chi connectivity index (χ1) is 6.68. The molecule has 14 heavy (non-hydrogen) atoms. The largest absolute Gasteiger partial charge is 0.361 e. The van der Waals surface area contributed by atoms with Crippen molar-refractivity contribution in [2.24, 2.45) is 0 Å². The lowest BCUT2D eigenvalue weighted by molar-refractivity contribution is 0.712. The van der Waals surface area contributed by atoms with Crippen LogP contribution in [0.3, 0.4) is 0 Å². The first kappa shape index (κ1) is 10.9. The van der Waals surface area contributed by atoms with E-state index in [2.05, 4.69) is 29.5 Å². The molecule has 0 aromatic carbocycles. The maximum Gasteiger partial charge on any atom is 0.166 e. The molecule has 1 heterocycles. The minimum atomic E-state index is 0.368. The van der Waals surface area contributed by atoms with Crippen molar-refractivity contribution in [3.05, 3.63) is 30.1 Å². The van der Waals surface area contributed by atoms with Crippen molar-refractivity contribution in [1.82, 2.24) is 15.6 Å². The molecule has 0 unspecified atom stereocenters. The number of rotatable bonds is 3. The van der Waals surface area contributed by atoms with Crippen molar-refractivity contribution in [3.8, 4) is 0 Å². The lowest BCUT2D eigenvalue weighted by Gasteiger charge is -2.12. The maximum atomic E-state index is 5.09. The van der Waals surface area contributed by atoms with Gasteiger partial charge in [0.2, 0.25) is 0 Å². The van der Waals surface area contributed by atoms with E-state index in [1.54, 1.807) is 12.4 Å². The Balaban J connectivity index is 2.31. The standard InChI is InChI=1S/C10H15N3S/c1-8(2)13-10(14)12-7-9-3-5-11-6-4-9/h3-6,8H,7H2,1-2H3,(H2,12,13,14). The summed E-state index contributed by atoms with van der Waals surface area (Å²) in [5.41, 5.74) is 1.17. The van der Waals surface area contributed by atoms with Crippen molar-refractivity contribution in [2.45, 2.75) is 26.4 Å². The zero-order valence-corrected chi connectivity index (χ0v) is 9.27. The van der Waals surface area contributed by atoms with E-state index in [1.165, 1.54) is 5.56 Å². The molecule has 0 fully saturated rings. The van der Waals surface area contributed by atoms with Gasteiger partial charge < -0.3 is 10.6 Å². The van der Waals surface area contributed by atoms with Crippen LogP contribution in [0.15, 0.2) is 24.5 Å². The van der Waals surface area contributed by atoms with E-state index in [1.807, 2.05) is 12.1 Å². The second kappa shape index (κ2) is 5.54. The third-order valence-electron chi connectivity index (χ3n) is 1.62. The Morgan fingerprint density at radius 3 is 2.64 bits per heavy atom. The van der Waals surface area contributed by atoms with Crippen LogP contribution in [0.2, 0.25) is 0 Å². The summed E-state index contributed by atoms with van der Waals surface area (Å²) < 4.78 is 0. The molecule has 0 saturated carbocycles. The topological polar surface area (TPSA) is 37.0 Å². The Bertz CT molecular complexity index is 285. The van der Waals surface area contributed by atoms with Gasteiger partial charge in [0.25, 0.3) is 0 Å². The Morgan fingerprint density at radius 2 is 2.07 bits per heavy atom. The van der Waals surface area contributed by atoms with E-state index in [0.29, 0.717) is 11.2 Å². The molecule has 76 valence electrons. The minimum Gasteiger partial charge on any atom is -0.361 e. The van der Waals surface area contributed by atoms with Gasteiger partial charge in [0.05, 0.1) is 0 Å². The highest BCUT2D eigenvalue weighted by atomic mass is 32.1. The summed E-state index contributed by atoms with van der Waals surface area (Å²) in [5.74, 6) is 0. The molecule has 0 amide bonds. The Morgan fingerprint density at radius 1 is 1.43 bits per heavy atom. The summed E-state index contributed by atoms with van der Waals surface area (Å²) in [7, 11) is 0. The average molecular weight is 209 g/mol. The molecule has 1 rings (SSSR count). The van der Waals surface area contributed by atoms with Gasteiger partial charge in [-0.15, -0.1) is 0 Å². The number of hydrogen-bond donors (Lipinski definition) is 2. The van der Waals surface area contributed by atoms with E-state index in [0.717, 1.165) is 6.54 Å². The first-order valence-electron chi connectivity index (χ1n) is 4.62.